The van der Waals surface area contributed by atoms with Gasteiger partial charge in [-0.1, -0.05) is 57.1 Å². The van der Waals surface area contributed by atoms with Crippen molar-refractivity contribution in [2.45, 2.75) is 71.1 Å². The van der Waals surface area contributed by atoms with E-state index in [0.29, 0.717) is 30.6 Å². The first kappa shape index (κ1) is 24.2. The molecule has 0 aliphatic carbocycles. The lowest BCUT2D eigenvalue weighted by Gasteiger charge is -2.08. The summed E-state index contributed by atoms with van der Waals surface area (Å²) in [6.07, 6.45) is 10.3. The topological polar surface area (TPSA) is 122 Å². The average Bonchev–Trinajstić information content (AvgIpc) is 3.13. The summed E-state index contributed by atoms with van der Waals surface area (Å²) in [6, 6.07) is 6.85. The van der Waals surface area contributed by atoms with Gasteiger partial charge in [-0.05, 0) is 42.5 Å². The lowest BCUT2D eigenvalue weighted by molar-refractivity contribution is -0.143. The Morgan fingerprint density at radius 2 is 1.71 bits per heavy atom. The fourth-order valence-electron chi connectivity index (χ4n) is 3.46. The van der Waals surface area contributed by atoms with Crippen LogP contribution in [0.3, 0.4) is 0 Å². The summed E-state index contributed by atoms with van der Waals surface area (Å²) in [5, 5.41) is 6.42. The zero-order valence-electron chi connectivity index (χ0n) is 18.3. The van der Waals surface area contributed by atoms with Gasteiger partial charge in [0.1, 0.15) is 0 Å². The number of unbranched alkanes of at least 4 members (excludes halogenated alkanes) is 8. The van der Waals surface area contributed by atoms with Crippen molar-refractivity contribution >= 4 is 29.0 Å². The number of amides is 1. The van der Waals surface area contributed by atoms with E-state index in [2.05, 4.69) is 20.3 Å². The summed E-state index contributed by atoms with van der Waals surface area (Å²) >= 11 is 0. The van der Waals surface area contributed by atoms with E-state index in [1.54, 1.807) is 12.1 Å². The van der Waals surface area contributed by atoms with Gasteiger partial charge in [0.05, 0.1) is 17.6 Å². The van der Waals surface area contributed by atoms with Crippen molar-refractivity contribution < 1.29 is 14.3 Å². The minimum Gasteiger partial charge on any atom is -0.466 e. The summed E-state index contributed by atoms with van der Waals surface area (Å²) < 4.78 is 6.23. The Morgan fingerprint density at radius 1 is 1.06 bits per heavy atom. The Balaban J connectivity index is 1.56. The fraction of sp³-hybridized carbons (Fsp3) is 0.591. The van der Waals surface area contributed by atoms with Crippen LogP contribution in [0.2, 0.25) is 0 Å². The number of ether oxygens (including phenoxy) is 1. The number of imidazole rings is 1. The van der Waals surface area contributed by atoms with E-state index >= 15 is 0 Å². The number of hydrogen-bond acceptors (Lipinski definition) is 5. The number of benzene rings is 1. The summed E-state index contributed by atoms with van der Waals surface area (Å²) in [5.74, 6) is -0.0479. The summed E-state index contributed by atoms with van der Waals surface area (Å²) in [6.45, 7) is 2.85. The summed E-state index contributed by atoms with van der Waals surface area (Å²) in [7, 11) is 0. The third-order valence-electron chi connectivity index (χ3n) is 5.02. The van der Waals surface area contributed by atoms with E-state index in [-0.39, 0.29) is 17.9 Å². The van der Waals surface area contributed by atoms with E-state index in [1.165, 1.54) is 23.8 Å². The second kappa shape index (κ2) is 14.0. The van der Waals surface area contributed by atoms with Crippen molar-refractivity contribution in [1.29, 1.82) is 0 Å². The number of carbonyl (C=O) groups is 2. The van der Waals surface area contributed by atoms with E-state index in [0.717, 1.165) is 38.5 Å². The van der Waals surface area contributed by atoms with Gasteiger partial charge in [-0.15, -0.1) is 0 Å². The predicted octanol–water partition coefficient (Wildman–Crippen LogP) is 6.00. The lowest BCUT2D eigenvalue weighted by Crippen LogP contribution is -2.29. The van der Waals surface area contributed by atoms with Crippen LogP contribution in [0.4, 0.5) is 10.7 Å². The first-order valence-electron chi connectivity index (χ1n) is 11.1. The molecular weight excluding hydrogens is 396 g/mol. The highest BCUT2D eigenvalue weighted by atomic mass is 16.5. The minimum absolute atomic E-state index is 0.0449. The maximum absolute atomic E-state index is 12.6. The molecule has 0 saturated carbocycles. The normalized spacial score (nSPS) is 10.6. The van der Waals surface area contributed by atoms with Gasteiger partial charge >= 0.3 is 12.0 Å². The van der Waals surface area contributed by atoms with Crippen molar-refractivity contribution in [2.24, 2.45) is 5.11 Å². The Hall–Kier alpha value is -3.06. The molecule has 9 nitrogen and oxygen atoms in total. The standard InChI is InChI=1S/C22H32N6O3/c1-2-31-20(29)16-10-8-6-4-3-5-7-9-13-17-24-22(30)28-19-15-12-11-14-18(19)25-21(28)26-27-23/h11-12,14-15H,2-10,13,16-17H2,1H3,(H,24,30). The van der Waals surface area contributed by atoms with Crippen molar-refractivity contribution in [3.05, 3.63) is 34.7 Å². The first-order chi connectivity index (χ1) is 15.2. The second-order valence-electron chi connectivity index (χ2n) is 7.39. The van der Waals surface area contributed by atoms with Crippen LogP contribution < -0.4 is 5.32 Å². The Morgan fingerprint density at radius 3 is 2.39 bits per heavy atom. The first-order valence-corrected chi connectivity index (χ1v) is 11.1. The Labute approximate surface area is 182 Å². The number of rotatable bonds is 14. The quantitative estimate of drug-likeness (QED) is 0.130. The maximum atomic E-state index is 12.6. The largest absolute Gasteiger partial charge is 0.466 e. The molecule has 0 aliphatic heterocycles. The number of hydrogen-bond donors (Lipinski definition) is 1. The molecule has 0 atom stereocenters. The molecule has 1 aromatic carbocycles. The summed E-state index contributed by atoms with van der Waals surface area (Å²) in [4.78, 5) is 30.8. The molecule has 31 heavy (non-hydrogen) atoms. The molecule has 1 N–H and O–H groups in total. The molecule has 2 aromatic rings. The van der Waals surface area contributed by atoms with Crippen molar-refractivity contribution in [3.8, 4) is 0 Å². The van der Waals surface area contributed by atoms with Crippen LogP contribution in [0.15, 0.2) is 29.4 Å². The van der Waals surface area contributed by atoms with Crippen LogP contribution in [0.1, 0.15) is 71.1 Å². The molecule has 0 bridgehead atoms. The molecule has 2 rings (SSSR count). The number of nitrogens with one attached hydrogen (secondary N) is 1. The number of aromatic nitrogens is 2. The van der Waals surface area contributed by atoms with Gasteiger partial charge in [0.2, 0.25) is 5.95 Å². The smallest absolute Gasteiger partial charge is 0.327 e. The minimum atomic E-state index is -0.334. The van der Waals surface area contributed by atoms with Crippen LogP contribution >= 0.6 is 0 Å². The average molecular weight is 429 g/mol. The molecule has 168 valence electrons. The molecule has 1 amide bonds. The van der Waals surface area contributed by atoms with Gasteiger partial charge in [-0.25, -0.2) is 14.3 Å². The van der Waals surface area contributed by atoms with Crippen LogP contribution in [-0.2, 0) is 9.53 Å². The number of azide groups is 1. The zero-order valence-corrected chi connectivity index (χ0v) is 18.3. The Bertz CT molecular complexity index is 888. The van der Waals surface area contributed by atoms with E-state index in [1.807, 2.05) is 19.1 Å². The molecule has 0 saturated heterocycles. The molecule has 0 unspecified atom stereocenters. The van der Waals surface area contributed by atoms with Crippen molar-refractivity contribution in [3.63, 3.8) is 0 Å². The number of para-hydroxylation sites is 2. The SMILES string of the molecule is CCOC(=O)CCCCCCCCCCCNC(=O)n1c(N=[N+]=[N-])nc2ccccc21. The van der Waals surface area contributed by atoms with Crippen molar-refractivity contribution in [2.75, 3.05) is 13.2 Å². The highest BCUT2D eigenvalue weighted by Crippen LogP contribution is 2.21. The maximum Gasteiger partial charge on any atom is 0.327 e. The van der Waals surface area contributed by atoms with E-state index < -0.39 is 0 Å². The third kappa shape index (κ3) is 8.30. The molecular formula is C22H32N6O3. The van der Waals surface area contributed by atoms with Gasteiger partial charge in [-0.3, -0.25) is 4.79 Å². The molecule has 0 spiro atoms. The third-order valence-corrected chi connectivity index (χ3v) is 5.02. The fourth-order valence-corrected chi connectivity index (χ4v) is 3.46. The molecule has 1 aromatic heterocycles. The molecule has 1 heterocycles. The van der Waals surface area contributed by atoms with Crippen LogP contribution in [-0.4, -0.2) is 34.7 Å². The predicted molar refractivity (Wildman–Crippen MR) is 120 cm³/mol. The number of fused-ring (bicyclic) bond motifs is 1. The number of nitrogens with zero attached hydrogens (tertiary/aromatic N) is 5. The van der Waals surface area contributed by atoms with Crippen LogP contribution in [0.25, 0.3) is 21.5 Å². The number of esters is 1. The van der Waals surface area contributed by atoms with Gasteiger partial charge < -0.3 is 10.1 Å². The van der Waals surface area contributed by atoms with E-state index in [4.69, 9.17) is 10.3 Å². The summed E-state index contributed by atoms with van der Waals surface area (Å²) in [5.41, 5.74) is 9.95. The molecule has 0 radical (unpaired) electrons. The van der Waals surface area contributed by atoms with Crippen LogP contribution in [0, 0.1) is 0 Å². The monoisotopic (exact) mass is 428 g/mol. The number of carbonyl (C=O) groups excluding carboxylic acids is 2. The lowest BCUT2D eigenvalue weighted by atomic mass is 10.1. The van der Waals surface area contributed by atoms with Crippen LogP contribution in [0.5, 0.6) is 0 Å². The van der Waals surface area contributed by atoms with Gasteiger partial charge in [0.25, 0.3) is 0 Å². The molecule has 9 heteroatoms. The van der Waals surface area contributed by atoms with Crippen molar-refractivity contribution in [1.82, 2.24) is 14.9 Å². The molecule has 0 fully saturated rings. The van der Waals surface area contributed by atoms with Gasteiger partial charge in [0.15, 0.2) is 0 Å². The second-order valence-corrected chi connectivity index (χ2v) is 7.39. The van der Waals surface area contributed by atoms with E-state index in [9.17, 15) is 9.59 Å². The highest BCUT2D eigenvalue weighted by Gasteiger charge is 2.15. The highest BCUT2D eigenvalue weighted by molar-refractivity contribution is 5.92. The Kier molecular flexibility index (Phi) is 11.0. The zero-order chi connectivity index (χ0) is 22.3. The molecule has 0 aliphatic rings. The van der Waals surface area contributed by atoms with Gasteiger partial charge in [0, 0.05) is 17.9 Å². The van der Waals surface area contributed by atoms with Gasteiger partial charge in [-0.2, -0.15) is 0 Å².